The average Bonchev–Trinajstić information content (AvgIpc) is 3.46. The van der Waals surface area contributed by atoms with Crippen LogP contribution in [0.5, 0.6) is 0 Å². The van der Waals surface area contributed by atoms with Gasteiger partial charge in [0.05, 0.1) is 16.7 Å². The first-order valence-corrected chi connectivity index (χ1v) is 10.7. The number of amides is 1. The molecule has 0 N–H and O–H groups in total. The van der Waals surface area contributed by atoms with Crippen LogP contribution in [0.15, 0.2) is 47.4 Å². The molecule has 1 amide bonds. The molecule has 0 radical (unpaired) electrons. The van der Waals surface area contributed by atoms with Gasteiger partial charge in [-0.05, 0) is 63.1 Å². The van der Waals surface area contributed by atoms with E-state index >= 15 is 0 Å². The maximum absolute atomic E-state index is 14.1. The van der Waals surface area contributed by atoms with Crippen molar-refractivity contribution in [2.24, 2.45) is 0 Å². The molecule has 2 aromatic carbocycles. The maximum Gasteiger partial charge on any atom is 0.254 e. The highest BCUT2D eigenvalue weighted by molar-refractivity contribution is 7.92. The van der Waals surface area contributed by atoms with Crippen LogP contribution < -0.4 is 0 Å². The van der Waals surface area contributed by atoms with E-state index in [-0.39, 0.29) is 28.4 Å². The van der Waals surface area contributed by atoms with Gasteiger partial charge in [-0.3, -0.25) is 4.79 Å². The van der Waals surface area contributed by atoms with Crippen molar-refractivity contribution in [2.75, 3.05) is 0 Å². The summed E-state index contributed by atoms with van der Waals surface area (Å²) in [6.45, 7) is 3.31. The predicted octanol–water partition coefficient (Wildman–Crippen LogP) is 4.47. The molecule has 1 aliphatic rings. The summed E-state index contributed by atoms with van der Waals surface area (Å²) in [6.07, 6.45) is 1.72. The van der Waals surface area contributed by atoms with Crippen LogP contribution in [-0.2, 0) is 16.4 Å². The third kappa shape index (κ3) is 4.17. The Hall–Kier alpha value is -1.92. The number of sulfone groups is 1. The minimum Gasteiger partial charge on any atom is -0.331 e. The molecule has 27 heavy (non-hydrogen) atoms. The van der Waals surface area contributed by atoms with Crippen molar-refractivity contribution >= 4 is 27.3 Å². The molecule has 0 unspecified atom stereocenters. The third-order valence-electron chi connectivity index (χ3n) is 4.69. The molecule has 1 fully saturated rings. The summed E-state index contributed by atoms with van der Waals surface area (Å²) < 4.78 is 38.6. The van der Waals surface area contributed by atoms with E-state index in [1.165, 1.54) is 36.4 Å². The number of carbonyl (C=O) groups excluding carboxylic acids is 1. The Morgan fingerprint density at radius 2 is 1.81 bits per heavy atom. The van der Waals surface area contributed by atoms with Gasteiger partial charge in [0, 0.05) is 22.2 Å². The second-order valence-electron chi connectivity index (χ2n) is 6.98. The first-order valence-electron chi connectivity index (χ1n) is 8.79. The Morgan fingerprint density at radius 3 is 2.33 bits per heavy atom. The number of halogens is 2. The van der Waals surface area contributed by atoms with Crippen molar-refractivity contribution in [1.82, 2.24) is 4.90 Å². The van der Waals surface area contributed by atoms with E-state index in [2.05, 4.69) is 0 Å². The largest absolute Gasteiger partial charge is 0.331 e. The summed E-state index contributed by atoms with van der Waals surface area (Å²) >= 11 is 6.11. The van der Waals surface area contributed by atoms with Gasteiger partial charge in [0.1, 0.15) is 5.82 Å². The molecule has 0 spiro atoms. The molecule has 1 aliphatic carbocycles. The third-order valence-corrected chi connectivity index (χ3v) is 7.21. The number of benzene rings is 2. The molecule has 4 nitrogen and oxygen atoms in total. The molecule has 1 saturated carbocycles. The Balaban J connectivity index is 1.86. The Labute approximate surface area is 163 Å². The van der Waals surface area contributed by atoms with Crippen molar-refractivity contribution in [2.45, 2.75) is 49.4 Å². The highest BCUT2D eigenvalue weighted by atomic mass is 35.5. The lowest BCUT2D eigenvalue weighted by atomic mass is 10.1. The van der Waals surface area contributed by atoms with Gasteiger partial charge in [0.25, 0.3) is 5.91 Å². The van der Waals surface area contributed by atoms with Gasteiger partial charge in [0.2, 0.25) is 0 Å². The van der Waals surface area contributed by atoms with Crippen LogP contribution in [0.4, 0.5) is 4.39 Å². The molecule has 0 aliphatic heterocycles. The standard InChI is InChI=1S/C20H21ClFNO3S/c1-13(2)27(25,26)16-10-6-14(7-11-16)20(24)23(15-8-9-15)12-17-18(21)4-3-5-19(17)22/h3-7,10-11,13,15H,8-9,12H2,1-2H3. The Bertz CT molecular complexity index is 933. The predicted molar refractivity (Wildman–Crippen MR) is 103 cm³/mol. The van der Waals surface area contributed by atoms with Gasteiger partial charge in [-0.1, -0.05) is 17.7 Å². The molecule has 0 heterocycles. The van der Waals surface area contributed by atoms with Crippen LogP contribution in [0.1, 0.15) is 42.6 Å². The first-order chi connectivity index (χ1) is 12.7. The van der Waals surface area contributed by atoms with Crippen molar-refractivity contribution in [3.8, 4) is 0 Å². The summed E-state index contributed by atoms with van der Waals surface area (Å²) in [5.74, 6) is -0.704. The second-order valence-corrected chi connectivity index (χ2v) is 9.89. The number of hydrogen-bond acceptors (Lipinski definition) is 3. The van der Waals surface area contributed by atoms with Crippen LogP contribution in [0.2, 0.25) is 5.02 Å². The first kappa shape index (κ1) is 19.8. The fourth-order valence-corrected chi connectivity index (χ4v) is 4.11. The maximum atomic E-state index is 14.1. The van der Waals surface area contributed by atoms with E-state index in [1.54, 1.807) is 24.8 Å². The molecular weight excluding hydrogens is 389 g/mol. The lowest BCUT2D eigenvalue weighted by Gasteiger charge is -2.23. The number of hydrogen-bond donors (Lipinski definition) is 0. The summed E-state index contributed by atoms with van der Waals surface area (Å²) in [5.41, 5.74) is 0.662. The SMILES string of the molecule is CC(C)S(=O)(=O)c1ccc(C(=O)N(Cc2c(F)cccc2Cl)C2CC2)cc1. The fourth-order valence-electron chi connectivity index (χ4n) is 2.83. The molecular formula is C20H21ClFNO3S. The number of rotatable bonds is 6. The zero-order valence-electron chi connectivity index (χ0n) is 15.2. The van der Waals surface area contributed by atoms with Gasteiger partial charge in [-0.2, -0.15) is 0 Å². The van der Waals surface area contributed by atoms with E-state index < -0.39 is 20.9 Å². The zero-order valence-corrected chi connectivity index (χ0v) is 16.7. The minimum absolute atomic E-state index is 0.0484. The summed E-state index contributed by atoms with van der Waals surface area (Å²) in [6, 6.07) is 10.4. The van der Waals surface area contributed by atoms with E-state index in [1.807, 2.05) is 0 Å². The lowest BCUT2D eigenvalue weighted by Crippen LogP contribution is -2.33. The molecule has 0 aromatic heterocycles. The van der Waals surface area contributed by atoms with Gasteiger partial charge in [0.15, 0.2) is 9.84 Å². The second kappa shape index (κ2) is 7.60. The normalized spacial score (nSPS) is 14.4. The van der Waals surface area contributed by atoms with Crippen LogP contribution in [0.3, 0.4) is 0 Å². The highest BCUT2D eigenvalue weighted by Gasteiger charge is 2.34. The van der Waals surface area contributed by atoms with Crippen molar-refractivity contribution in [3.63, 3.8) is 0 Å². The molecule has 7 heteroatoms. The van der Waals surface area contributed by atoms with Gasteiger partial charge >= 0.3 is 0 Å². The quantitative estimate of drug-likeness (QED) is 0.707. The molecule has 0 atom stereocenters. The van der Waals surface area contributed by atoms with Crippen LogP contribution in [0, 0.1) is 5.82 Å². The summed E-state index contributed by atoms with van der Waals surface area (Å²) in [4.78, 5) is 14.8. The molecule has 2 aromatic rings. The van der Waals surface area contributed by atoms with E-state index in [0.29, 0.717) is 11.1 Å². The summed E-state index contributed by atoms with van der Waals surface area (Å²) in [7, 11) is -3.40. The van der Waals surface area contributed by atoms with Crippen molar-refractivity contribution in [1.29, 1.82) is 0 Å². The topological polar surface area (TPSA) is 54.5 Å². The van der Waals surface area contributed by atoms with E-state index in [9.17, 15) is 17.6 Å². The van der Waals surface area contributed by atoms with E-state index in [0.717, 1.165) is 12.8 Å². The number of carbonyl (C=O) groups is 1. The summed E-state index contributed by atoms with van der Waals surface area (Å²) in [5, 5.41) is -0.253. The van der Waals surface area contributed by atoms with Crippen LogP contribution >= 0.6 is 11.6 Å². The zero-order chi connectivity index (χ0) is 19.8. The molecule has 0 bridgehead atoms. The Morgan fingerprint density at radius 1 is 1.19 bits per heavy atom. The van der Waals surface area contributed by atoms with Crippen molar-refractivity contribution < 1.29 is 17.6 Å². The van der Waals surface area contributed by atoms with Crippen LogP contribution in [-0.4, -0.2) is 30.5 Å². The fraction of sp³-hybridized carbons (Fsp3) is 0.350. The monoisotopic (exact) mass is 409 g/mol. The van der Waals surface area contributed by atoms with E-state index in [4.69, 9.17) is 11.6 Å². The molecule has 3 rings (SSSR count). The van der Waals surface area contributed by atoms with Gasteiger partial charge < -0.3 is 4.90 Å². The minimum atomic E-state index is -3.40. The Kier molecular flexibility index (Phi) is 5.58. The van der Waals surface area contributed by atoms with Crippen LogP contribution in [0.25, 0.3) is 0 Å². The van der Waals surface area contributed by atoms with Gasteiger partial charge in [-0.15, -0.1) is 0 Å². The van der Waals surface area contributed by atoms with Crippen molar-refractivity contribution in [3.05, 3.63) is 64.4 Å². The molecule has 144 valence electrons. The lowest BCUT2D eigenvalue weighted by molar-refractivity contribution is 0.0728. The van der Waals surface area contributed by atoms with Gasteiger partial charge in [-0.25, -0.2) is 12.8 Å². The molecule has 0 saturated heterocycles. The average molecular weight is 410 g/mol. The smallest absolute Gasteiger partial charge is 0.254 e. The highest BCUT2D eigenvalue weighted by Crippen LogP contribution is 2.32. The number of nitrogens with zero attached hydrogens (tertiary/aromatic N) is 1.